The molecule has 0 saturated carbocycles. The van der Waals surface area contributed by atoms with E-state index in [4.69, 9.17) is 5.11 Å². The Morgan fingerprint density at radius 2 is 2.22 bits per heavy atom. The fourth-order valence-electron chi connectivity index (χ4n) is 2.67. The Hall–Kier alpha value is -1.45. The molecular weight excluding hydrogens is 340 g/mol. The summed E-state index contributed by atoms with van der Waals surface area (Å²) in [6.45, 7) is 2.52. The third-order valence-electron chi connectivity index (χ3n) is 3.84. The first-order valence-corrected chi connectivity index (χ1v) is 9.75. The lowest BCUT2D eigenvalue weighted by atomic mass is 10.2. The van der Waals surface area contributed by atoms with Crippen molar-refractivity contribution in [3.63, 3.8) is 0 Å². The Morgan fingerprint density at radius 3 is 2.78 bits per heavy atom. The van der Waals surface area contributed by atoms with E-state index in [2.05, 4.69) is 0 Å². The molecule has 128 valence electrons. The predicted molar refractivity (Wildman–Crippen MR) is 85.7 cm³/mol. The van der Waals surface area contributed by atoms with Gasteiger partial charge >= 0.3 is 5.97 Å². The highest BCUT2D eigenvalue weighted by Crippen LogP contribution is 2.29. The molecule has 0 aliphatic carbocycles. The normalized spacial score (nSPS) is 18.9. The summed E-state index contributed by atoms with van der Waals surface area (Å²) in [7, 11) is -3.67. The van der Waals surface area contributed by atoms with Gasteiger partial charge < -0.3 is 10.0 Å². The molecule has 1 aliphatic rings. The lowest BCUT2D eigenvalue weighted by molar-refractivity contribution is -0.139. The average molecular weight is 360 g/mol. The van der Waals surface area contributed by atoms with Crippen LogP contribution in [0.15, 0.2) is 21.7 Å². The number of amides is 1. The zero-order chi connectivity index (χ0) is 17.0. The second-order valence-electron chi connectivity index (χ2n) is 5.27. The van der Waals surface area contributed by atoms with E-state index in [1.54, 1.807) is 18.4 Å². The zero-order valence-corrected chi connectivity index (χ0v) is 14.5. The summed E-state index contributed by atoms with van der Waals surface area (Å²) in [4.78, 5) is 24.8. The molecule has 1 amide bonds. The Bertz CT molecular complexity index is 657. The van der Waals surface area contributed by atoms with Crippen LogP contribution in [-0.4, -0.2) is 60.3 Å². The second kappa shape index (κ2) is 7.41. The summed E-state index contributed by atoms with van der Waals surface area (Å²) in [6.07, 6.45) is 0.939. The molecule has 1 atom stereocenters. The van der Waals surface area contributed by atoms with Crippen LogP contribution in [-0.2, 0) is 19.6 Å². The maximum Gasteiger partial charge on any atom is 0.305 e. The number of aliphatic carboxylic acids is 1. The summed E-state index contributed by atoms with van der Waals surface area (Å²) in [5.41, 5.74) is 0. The number of thiophene rings is 1. The van der Waals surface area contributed by atoms with Crippen molar-refractivity contribution in [3.8, 4) is 0 Å². The van der Waals surface area contributed by atoms with E-state index in [1.807, 2.05) is 0 Å². The SMILES string of the molecule is CCN(CCC(=O)O)C(=O)C1CCCN1S(=O)(=O)c1cccs1. The number of rotatable bonds is 7. The number of carbonyl (C=O) groups excluding carboxylic acids is 1. The number of nitrogens with zero attached hydrogens (tertiary/aromatic N) is 2. The maximum atomic E-state index is 12.7. The van der Waals surface area contributed by atoms with Crippen molar-refractivity contribution < 1.29 is 23.1 Å². The zero-order valence-electron chi connectivity index (χ0n) is 12.8. The van der Waals surface area contributed by atoms with E-state index in [-0.39, 0.29) is 23.1 Å². The number of carbonyl (C=O) groups is 2. The molecule has 1 N–H and O–H groups in total. The molecule has 23 heavy (non-hydrogen) atoms. The third kappa shape index (κ3) is 3.91. The maximum absolute atomic E-state index is 12.7. The van der Waals surface area contributed by atoms with E-state index in [9.17, 15) is 18.0 Å². The molecule has 1 saturated heterocycles. The van der Waals surface area contributed by atoms with E-state index >= 15 is 0 Å². The van der Waals surface area contributed by atoms with Crippen LogP contribution in [0.2, 0.25) is 0 Å². The van der Waals surface area contributed by atoms with Crippen molar-refractivity contribution >= 4 is 33.2 Å². The minimum Gasteiger partial charge on any atom is -0.481 e. The monoisotopic (exact) mass is 360 g/mol. The quantitative estimate of drug-likeness (QED) is 0.789. The standard InChI is InChI=1S/C14H20N2O5S2/c1-2-15(9-7-12(17)18)14(19)11-5-3-8-16(11)23(20,21)13-6-4-10-22-13/h4,6,10-11H,2-3,5,7-9H2,1H3,(H,17,18). The number of sulfonamides is 1. The van der Waals surface area contributed by atoms with E-state index < -0.39 is 22.0 Å². The number of hydrogen-bond donors (Lipinski definition) is 1. The molecule has 9 heteroatoms. The predicted octanol–water partition coefficient (Wildman–Crippen LogP) is 1.22. The molecule has 1 fully saturated rings. The molecular formula is C14H20N2O5S2. The van der Waals surface area contributed by atoms with Gasteiger partial charge in [0.05, 0.1) is 6.42 Å². The van der Waals surface area contributed by atoms with Gasteiger partial charge in [-0.15, -0.1) is 11.3 Å². The van der Waals surface area contributed by atoms with Crippen molar-refractivity contribution in [3.05, 3.63) is 17.5 Å². The van der Waals surface area contributed by atoms with Crippen molar-refractivity contribution in [2.45, 2.75) is 36.4 Å². The molecule has 0 aromatic carbocycles. The van der Waals surface area contributed by atoms with Crippen LogP contribution in [0.4, 0.5) is 0 Å². The van der Waals surface area contributed by atoms with Crippen molar-refractivity contribution in [1.29, 1.82) is 0 Å². The number of hydrogen-bond acceptors (Lipinski definition) is 5. The van der Waals surface area contributed by atoms with Gasteiger partial charge in [0.25, 0.3) is 10.0 Å². The van der Waals surface area contributed by atoms with Gasteiger partial charge in [-0.3, -0.25) is 9.59 Å². The lowest BCUT2D eigenvalue weighted by Gasteiger charge is -2.28. The largest absolute Gasteiger partial charge is 0.481 e. The van der Waals surface area contributed by atoms with Crippen LogP contribution in [0.1, 0.15) is 26.2 Å². The molecule has 1 unspecified atom stereocenters. The van der Waals surface area contributed by atoms with Gasteiger partial charge in [-0.05, 0) is 31.2 Å². The fraction of sp³-hybridized carbons (Fsp3) is 0.571. The van der Waals surface area contributed by atoms with Crippen LogP contribution in [0.25, 0.3) is 0 Å². The van der Waals surface area contributed by atoms with Crippen LogP contribution in [0, 0.1) is 0 Å². The summed E-state index contributed by atoms with van der Waals surface area (Å²) in [6, 6.07) is 2.45. The van der Waals surface area contributed by atoms with E-state index in [0.29, 0.717) is 25.9 Å². The minimum atomic E-state index is -3.67. The van der Waals surface area contributed by atoms with Gasteiger partial charge in [-0.25, -0.2) is 8.42 Å². The van der Waals surface area contributed by atoms with Crippen LogP contribution >= 0.6 is 11.3 Å². The number of likely N-dealkylation sites (N-methyl/N-ethyl adjacent to an activating group) is 1. The van der Waals surface area contributed by atoms with E-state index in [1.165, 1.54) is 15.3 Å². The summed E-state index contributed by atoms with van der Waals surface area (Å²) >= 11 is 1.13. The summed E-state index contributed by atoms with van der Waals surface area (Å²) < 4.78 is 26.8. The van der Waals surface area contributed by atoms with Gasteiger partial charge in [-0.1, -0.05) is 6.07 Å². The molecule has 1 aliphatic heterocycles. The second-order valence-corrected chi connectivity index (χ2v) is 8.33. The topological polar surface area (TPSA) is 95.0 Å². The van der Waals surface area contributed by atoms with Gasteiger partial charge in [0.2, 0.25) is 5.91 Å². The summed E-state index contributed by atoms with van der Waals surface area (Å²) in [5.74, 6) is -1.29. The van der Waals surface area contributed by atoms with Crippen molar-refractivity contribution in [1.82, 2.24) is 9.21 Å². The fourth-order valence-corrected chi connectivity index (χ4v) is 5.44. The number of carboxylic acids is 1. The van der Waals surface area contributed by atoms with Gasteiger partial charge in [-0.2, -0.15) is 4.31 Å². The van der Waals surface area contributed by atoms with Crippen LogP contribution < -0.4 is 0 Å². The first-order chi connectivity index (χ1) is 10.9. The minimum absolute atomic E-state index is 0.0913. The smallest absolute Gasteiger partial charge is 0.305 e. The molecule has 7 nitrogen and oxygen atoms in total. The van der Waals surface area contributed by atoms with Crippen LogP contribution in [0.5, 0.6) is 0 Å². The molecule has 1 aromatic heterocycles. The Balaban J connectivity index is 2.17. The molecule has 0 radical (unpaired) electrons. The average Bonchev–Trinajstić information content (AvgIpc) is 3.19. The Kier molecular flexibility index (Phi) is 5.77. The lowest BCUT2D eigenvalue weighted by Crippen LogP contribution is -2.48. The Morgan fingerprint density at radius 1 is 1.48 bits per heavy atom. The Labute approximate surface area is 139 Å². The molecule has 2 heterocycles. The van der Waals surface area contributed by atoms with Crippen LogP contribution in [0.3, 0.4) is 0 Å². The first kappa shape index (κ1) is 17.9. The van der Waals surface area contributed by atoms with Crippen molar-refractivity contribution in [2.24, 2.45) is 0 Å². The van der Waals surface area contributed by atoms with Crippen molar-refractivity contribution in [2.75, 3.05) is 19.6 Å². The highest BCUT2D eigenvalue weighted by molar-refractivity contribution is 7.91. The summed E-state index contributed by atoms with van der Waals surface area (Å²) in [5, 5.41) is 10.5. The van der Waals surface area contributed by atoms with Gasteiger partial charge in [0.1, 0.15) is 10.3 Å². The molecule has 1 aromatic rings. The number of carboxylic acid groups (broad SMARTS) is 1. The van der Waals surface area contributed by atoms with Gasteiger partial charge in [0, 0.05) is 19.6 Å². The molecule has 2 rings (SSSR count). The highest BCUT2D eigenvalue weighted by Gasteiger charge is 2.41. The molecule has 0 bridgehead atoms. The highest BCUT2D eigenvalue weighted by atomic mass is 32.2. The van der Waals surface area contributed by atoms with E-state index in [0.717, 1.165) is 11.3 Å². The third-order valence-corrected chi connectivity index (χ3v) is 7.12. The molecule has 0 spiro atoms. The first-order valence-electron chi connectivity index (χ1n) is 7.44. The van der Waals surface area contributed by atoms with Gasteiger partial charge in [0.15, 0.2) is 0 Å².